The Morgan fingerprint density at radius 3 is 2.43 bits per heavy atom. The van der Waals surface area contributed by atoms with Gasteiger partial charge in [-0.3, -0.25) is 0 Å². The van der Waals surface area contributed by atoms with E-state index in [1.54, 1.807) is 6.92 Å². The van der Waals surface area contributed by atoms with Gasteiger partial charge in [0.25, 0.3) is 0 Å². The average Bonchev–Trinajstić information content (AvgIpc) is 2.46. The lowest BCUT2D eigenvalue weighted by atomic mass is 10.2. The maximum absolute atomic E-state index is 12.0. The second-order valence-electron chi connectivity index (χ2n) is 4.54. The van der Waals surface area contributed by atoms with Gasteiger partial charge in [0.1, 0.15) is 0 Å². The predicted octanol–water partition coefficient (Wildman–Crippen LogP) is 1.30. The van der Waals surface area contributed by atoms with Crippen molar-refractivity contribution >= 4 is 16.0 Å². The molecule has 2 N–H and O–H groups in total. The minimum absolute atomic E-state index is 0.0319. The summed E-state index contributed by atoms with van der Waals surface area (Å²) in [6.45, 7) is 3.83. The lowest BCUT2D eigenvalue weighted by molar-refractivity contribution is 0.0526. The summed E-state index contributed by atoms with van der Waals surface area (Å²) in [4.78, 5) is 11.5. The van der Waals surface area contributed by atoms with Crippen molar-refractivity contribution in [3.05, 3.63) is 29.8 Å². The van der Waals surface area contributed by atoms with Crippen LogP contribution in [0.15, 0.2) is 29.2 Å². The predicted molar refractivity (Wildman–Crippen MR) is 78.5 cm³/mol. The highest BCUT2D eigenvalue weighted by atomic mass is 32.2. The van der Waals surface area contributed by atoms with Gasteiger partial charge in [-0.2, -0.15) is 0 Å². The molecule has 0 heterocycles. The van der Waals surface area contributed by atoms with Gasteiger partial charge in [-0.25, -0.2) is 17.9 Å². The Balaban J connectivity index is 2.73. The molecule has 0 saturated heterocycles. The van der Waals surface area contributed by atoms with Crippen LogP contribution >= 0.6 is 0 Å². The van der Waals surface area contributed by atoms with E-state index in [4.69, 9.17) is 4.74 Å². The van der Waals surface area contributed by atoms with Crippen molar-refractivity contribution in [3.8, 4) is 0 Å². The van der Waals surface area contributed by atoms with Crippen molar-refractivity contribution in [3.63, 3.8) is 0 Å². The largest absolute Gasteiger partial charge is 0.462 e. The maximum atomic E-state index is 12.0. The molecule has 7 heteroatoms. The fourth-order valence-electron chi connectivity index (χ4n) is 1.71. The van der Waals surface area contributed by atoms with Crippen molar-refractivity contribution in [2.45, 2.75) is 37.7 Å². The van der Waals surface area contributed by atoms with E-state index in [1.165, 1.54) is 24.3 Å². The van der Waals surface area contributed by atoms with Gasteiger partial charge in [0, 0.05) is 6.54 Å². The van der Waals surface area contributed by atoms with Gasteiger partial charge in [0.15, 0.2) is 0 Å². The number of benzene rings is 1. The summed E-state index contributed by atoms with van der Waals surface area (Å²) < 4.78 is 31.2. The smallest absolute Gasteiger partial charge is 0.338 e. The normalized spacial score (nSPS) is 12.9. The number of hydrogen-bond donors (Lipinski definition) is 2. The number of carbonyl (C=O) groups is 1. The van der Waals surface area contributed by atoms with E-state index < -0.39 is 22.1 Å². The van der Waals surface area contributed by atoms with Crippen molar-refractivity contribution in [2.75, 3.05) is 13.2 Å². The first-order valence-electron chi connectivity index (χ1n) is 6.85. The molecule has 1 aromatic rings. The first-order valence-corrected chi connectivity index (χ1v) is 8.34. The van der Waals surface area contributed by atoms with Crippen LogP contribution in [0.2, 0.25) is 0 Å². The SMILES string of the molecule is CCCC(O)CNS(=O)(=O)c1ccc(C(=O)OCC)cc1. The Bertz CT molecular complexity index is 553. The fraction of sp³-hybridized carbons (Fsp3) is 0.500. The maximum Gasteiger partial charge on any atom is 0.338 e. The third kappa shape index (κ3) is 5.45. The molecule has 1 atom stereocenters. The van der Waals surface area contributed by atoms with Crippen LogP contribution in [0, 0.1) is 0 Å². The minimum Gasteiger partial charge on any atom is -0.462 e. The summed E-state index contributed by atoms with van der Waals surface area (Å²) in [7, 11) is -3.69. The molecule has 0 aliphatic rings. The number of hydrogen-bond acceptors (Lipinski definition) is 5. The van der Waals surface area contributed by atoms with E-state index in [1.807, 2.05) is 6.92 Å². The average molecular weight is 315 g/mol. The number of rotatable bonds is 8. The minimum atomic E-state index is -3.69. The Morgan fingerprint density at radius 2 is 1.90 bits per heavy atom. The second kappa shape index (κ2) is 8.11. The molecule has 1 rings (SSSR count). The van der Waals surface area contributed by atoms with Crippen LogP contribution in [0.3, 0.4) is 0 Å². The molecule has 0 spiro atoms. The zero-order valence-corrected chi connectivity index (χ0v) is 13.0. The van der Waals surface area contributed by atoms with Gasteiger partial charge >= 0.3 is 5.97 Å². The van der Waals surface area contributed by atoms with Crippen molar-refractivity contribution < 1.29 is 23.1 Å². The van der Waals surface area contributed by atoms with Gasteiger partial charge < -0.3 is 9.84 Å². The van der Waals surface area contributed by atoms with Gasteiger partial charge in [-0.1, -0.05) is 13.3 Å². The van der Waals surface area contributed by atoms with Crippen LogP contribution in [0.25, 0.3) is 0 Å². The fourth-order valence-corrected chi connectivity index (χ4v) is 2.78. The molecule has 0 radical (unpaired) electrons. The zero-order valence-electron chi connectivity index (χ0n) is 12.2. The number of aliphatic hydroxyl groups is 1. The Kier molecular flexibility index (Phi) is 6.80. The first-order chi connectivity index (χ1) is 9.90. The monoisotopic (exact) mass is 315 g/mol. The van der Waals surface area contributed by atoms with Crippen LogP contribution in [-0.2, 0) is 14.8 Å². The standard InChI is InChI=1S/C14H21NO5S/c1-3-5-12(16)10-15-21(18,19)13-8-6-11(7-9-13)14(17)20-4-2/h6-9,12,15-16H,3-5,10H2,1-2H3. The molecule has 0 aliphatic heterocycles. The molecule has 1 aromatic carbocycles. The Hall–Kier alpha value is -1.44. The summed E-state index contributed by atoms with van der Waals surface area (Å²) >= 11 is 0. The molecule has 1 unspecified atom stereocenters. The lowest BCUT2D eigenvalue weighted by Gasteiger charge is -2.11. The highest BCUT2D eigenvalue weighted by Crippen LogP contribution is 2.11. The molecule has 0 fully saturated rings. The summed E-state index contributed by atoms with van der Waals surface area (Å²) in [6.07, 6.45) is 0.602. The molecule has 0 aromatic heterocycles. The van der Waals surface area contributed by atoms with Crippen molar-refractivity contribution in [2.24, 2.45) is 0 Å². The summed E-state index contributed by atoms with van der Waals surface area (Å²) in [5.41, 5.74) is 0.293. The number of aliphatic hydroxyl groups excluding tert-OH is 1. The third-order valence-corrected chi connectivity index (χ3v) is 4.25. The van der Waals surface area contributed by atoms with Crippen molar-refractivity contribution in [1.82, 2.24) is 4.72 Å². The Labute approximate surface area is 125 Å². The number of esters is 1. The van der Waals surface area contributed by atoms with Crippen LogP contribution in [0.5, 0.6) is 0 Å². The number of ether oxygens (including phenoxy) is 1. The van der Waals surface area contributed by atoms with Crippen LogP contribution in [0.1, 0.15) is 37.0 Å². The van der Waals surface area contributed by atoms with E-state index in [-0.39, 0.29) is 18.0 Å². The summed E-state index contributed by atoms with van der Waals surface area (Å²) in [5, 5.41) is 9.55. The van der Waals surface area contributed by atoms with Crippen molar-refractivity contribution in [1.29, 1.82) is 0 Å². The van der Waals surface area contributed by atoms with Crippen LogP contribution in [0.4, 0.5) is 0 Å². The molecule has 0 bridgehead atoms. The lowest BCUT2D eigenvalue weighted by Crippen LogP contribution is -2.32. The number of carbonyl (C=O) groups excluding carboxylic acids is 1. The number of sulfonamides is 1. The summed E-state index contributed by atoms with van der Waals surface area (Å²) in [5.74, 6) is -0.493. The van der Waals surface area contributed by atoms with Gasteiger partial charge in [-0.15, -0.1) is 0 Å². The Morgan fingerprint density at radius 1 is 1.29 bits per heavy atom. The topological polar surface area (TPSA) is 92.7 Å². The second-order valence-corrected chi connectivity index (χ2v) is 6.31. The van der Waals surface area contributed by atoms with Gasteiger partial charge in [0.05, 0.1) is 23.2 Å². The molecule has 0 amide bonds. The molecular weight excluding hydrogens is 294 g/mol. The number of nitrogens with one attached hydrogen (secondary N) is 1. The van der Waals surface area contributed by atoms with Crippen LogP contribution in [-0.4, -0.2) is 38.7 Å². The molecule has 0 aliphatic carbocycles. The third-order valence-electron chi connectivity index (χ3n) is 2.81. The quantitative estimate of drug-likeness (QED) is 0.705. The van der Waals surface area contributed by atoms with E-state index in [2.05, 4.69) is 4.72 Å². The van der Waals surface area contributed by atoms with Crippen LogP contribution < -0.4 is 4.72 Å². The van der Waals surface area contributed by atoms with E-state index in [0.717, 1.165) is 6.42 Å². The van der Waals surface area contributed by atoms with Gasteiger partial charge in [0.2, 0.25) is 10.0 Å². The molecular formula is C14H21NO5S. The first kappa shape index (κ1) is 17.6. The molecule has 21 heavy (non-hydrogen) atoms. The highest BCUT2D eigenvalue weighted by molar-refractivity contribution is 7.89. The van der Waals surface area contributed by atoms with E-state index in [0.29, 0.717) is 12.0 Å². The highest BCUT2D eigenvalue weighted by Gasteiger charge is 2.16. The molecule has 118 valence electrons. The van der Waals surface area contributed by atoms with E-state index >= 15 is 0 Å². The zero-order chi connectivity index (χ0) is 15.9. The molecule has 6 nitrogen and oxygen atoms in total. The molecule has 0 saturated carbocycles. The summed E-state index contributed by atoms with van der Waals surface area (Å²) in [6, 6.07) is 5.46. The van der Waals surface area contributed by atoms with E-state index in [9.17, 15) is 18.3 Å². The van der Waals surface area contributed by atoms with Gasteiger partial charge in [-0.05, 0) is 37.6 Å².